The van der Waals surface area contributed by atoms with Crippen molar-refractivity contribution in [3.05, 3.63) is 150 Å². The Hall–Kier alpha value is -6.76. The second-order valence-corrected chi connectivity index (χ2v) is 23.0. The monoisotopic (exact) mass is 870 g/mol. The highest BCUT2D eigenvalue weighted by Gasteiger charge is 2.47. The van der Waals surface area contributed by atoms with E-state index in [2.05, 4.69) is 191 Å². The quantitative estimate of drug-likeness (QED) is 0.154. The number of hydrogen-bond donors (Lipinski definition) is 0. The van der Waals surface area contributed by atoms with Crippen molar-refractivity contribution in [2.45, 2.75) is 77.6 Å². The summed E-state index contributed by atoms with van der Waals surface area (Å²) in [6.07, 6.45) is 2.30. The van der Waals surface area contributed by atoms with Gasteiger partial charge >= 0.3 is 6.85 Å². The molecule has 0 atom stereocenters. The van der Waals surface area contributed by atoms with Crippen molar-refractivity contribution in [3.63, 3.8) is 0 Å². The number of hydrogen-bond acceptors (Lipinski definition) is 4. The van der Waals surface area contributed by atoms with Crippen LogP contribution in [0.3, 0.4) is 0 Å². The highest BCUT2D eigenvalue weighted by atomic mass is 32.1. The molecule has 3 aliphatic rings. The molecule has 2 aliphatic heterocycles. The van der Waals surface area contributed by atoms with Crippen LogP contribution >= 0.6 is 11.3 Å². The first-order chi connectivity index (χ1) is 31.8. The van der Waals surface area contributed by atoms with E-state index in [9.17, 15) is 0 Å². The first-order valence-electron chi connectivity index (χ1n) is 23.7. The van der Waals surface area contributed by atoms with Gasteiger partial charge < -0.3 is 18.2 Å². The van der Waals surface area contributed by atoms with Crippen molar-refractivity contribution < 1.29 is 8.83 Å². The number of fused-ring (bicyclic) bond motifs is 20. The number of thiophene rings is 1. The molecule has 6 heteroatoms. The second-order valence-electron chi connectivity index (χ2n) is 21.9. The topological polar surface area (TPSA) is 34.5 Å². The molecule has 0 fully saturated rings. The molecule has 0 bridgehead atoms. The molecular weight excluding hydrogens is 824 g/mol. The fourth-order valence-electron chi connectivity index (χ4n) is 12.7. The third-order valence-electron chi connectivity index (χ3n) is 16.2. The Morgan fingerprint density at radius 2 is 1.26 bits per heavy atom. The summed E-state index contributed by atoms with van der Waals surface area (Å²) < 4.78 is 19.4. The number of aromatic nitrogens is 1. The Morgan fingerprint density at radius 1 is 0.576 bits per heavy atom. The SMILES string of the molecule is CC(C)(C)c1ccc(N2B3c4cc5c(cc4-n4c6cc7c(cc6c6c8c(oc9ccccc98)c(c3c64)-c3cc4c(cc32)sc2ccccc24)C(C)(C)CCC7(C)C)oc2ccccc25)cc1. The summed E-state index contributed by atoms with van der Waals surface area (Å²) in [6, 6.07) is 50.6. The van der Waals surface area contributed by atoms with Gasteiger partial charge in [-0.25, -0.2) is 0 Å². The molecular formula is C60H47BN2O2S. The van der Waals surface area contributed by atoms with Gasteiger partial charge in [-0.15, -0.1) is 11.3 Å². The fraction of sp³-hybridized carbons (Fsp3) is 0.200. The van der Waals surface area contributed by atoms with Crippen LogP contribution < -0.4 is 15.7 Å². The first-order valence-corrected chi connectivity index (χ1v) is 24.5. The number of anilines is 2. The van der Waals surface area contributed by atoms with E-state index in [0.717, 1.165) is 51.3 Å². The van der Waals surface area contributed by atoms with E-state index in [-0.39, 0.29) is 23.1 Å². The zero-order chi connectivity index (χ0) is 44.3. The van der Waals surface area contributed by atoms with Crippen molar-refractivity contribution in [1.29, 1.82) is 0 Å². The molecule has 0 unspecified atom stereocenters. The van der Waals surface area contributed by atoms with E-state index >= 15 is 0 Å². The van der Waals surface area contributed by atoms with E-state index in [0.29, 0.717) is 0 Å². The molecule has 0 saturated heterocycles. The highest BCUT2D eigenvalue weighted by Crippen LogP contribution is 2.55. The van der Waals surface area contributed by atoms with Gasteiger partial charge in [-0.2, -0.15) is 0 Å². The standard InChI is InChI=1S/C60H47BN2O2S/c1-58(2,3)32-20-22-33(23-21-32)63-45-31-51-38(35-15-10-13-19-50(35)66-51)26-39(45)54-55-56-52(53-36-16-9-12-18-48(36)65-57(53)54)40-27-41-42(60(6,7)25-24-59(41,4)5)29-44(40)62(56)46-30-49-37(28-43(46)61(55)63)34-14-8-11-17-47(34)64-49/h8-23,26-31H,24-25H2,1-7H3. The van der Waals surface area contributed by atoms with E-state index in [4.69, 9.17) is 8.83 Å². The molecule has 15 rings (SSSR count). The summed E-state index contributed by atoms with van der Waals surface area (Å²) in [5, 5.41) is 9.78. The lowest BCUT2D eigenvalue weighted by molar-refractivity contribution is 0.332. The third kappa shape index (κ3) is 4.65. The van der Waals surface area contributed by atoms with Gasteiger partial charge in [0.05, 0.1) is 11.0 Å². The maximum Gasteiger partial charge on any atom is 0.333 e. The van der Waals surface area contributed by atoms with Gasteiger partial charge in [0.2, 0.25) is 0 Å². The Labute approximate surface area is 387 Å². The zero-order valence-corrected chi connectivity index (χ0v) is 39.1. The molecule has 0 saturated carbocycles. The molecule has 0 N–H and O–H groups in total. The molecule has 0 amide bonds. The lowest BCUT2D eigenvalue weighted by Crippen LogP contribution is -2.60. The molecule has 318 valence electrons. The Balaban J connectivity index is 1.20. The molecule has 8 aromatic carbocycles. The molecule has 12 aromatic rings. The normalized spacial score (nSPS) is 16.2. The molecule has 4 aromatic heterocycles. The summed E-state index contributed by atoms with van der Waals surface area (Å²) in [6.45, 7) is 16.5. The van der Waals surface area contributed by atoms with Crippen LogP contribution in [0.25, 0.3) is 103 Å². The van der Waals surface area contributed by atoms with Gasteiger partial charge in [0.1, 0.15) is 22.3 Å². The van der Waals surface area contributed by atoms with Gasteiger partial charge in [-0.1, -0.05) is 121 Å². The van der Waals surface area contributed by atoms with E-state index in [1.807, 2.05) is 11.3 Å². The molecule has 6 heterocycles. The van der Waals surface area contributed by atoms with E-state index in [1.165, 1.54) is 103 Å². The Kier molecular flexibility index (Phi) is 6.91. The van der Waals surface area contributed by atoms with Crippen molar-refractivity contribution in [3.8, 4) is 16.8 Å². The number of para-hydroxylation sites is 2. The number of furan rings is 2. The van der Waals surface area contributed by atoms with Crippen LogP contribution in [0.4, 0.5) is 11.4 Å². The van der Waals surface area contributed by atoms with Gasteiger partial charge in [0.25, 0.3) is 0 Å². The van der Waals surface area contributed by atoms with Crippen LogP contribution in [0.15, 0.2) is 142 Å². The molecule has 66 heavy (non-hydrogen) atoms. The minimum atomic E-state index is -0.188. The molecule has 1 aliphatic carbocycles. The molecule has 4 nitrogen and oxygen atoms in total. The number of nitrogens with zero attached hydrogens (tertiary/aromatic N) is 2. The summed E-state index contributed by atoms with van der Waals surface area (Å²) in [5.74, 6) is 0. The smallest absolute Gasteiger partial charge is 0.333 e. The maximum atomic E-state index is 7.37. The lowest BCUT2D eigenvalue weighted by Gasteiger charge is -2.42. The summed E-state index contributed by atoms with van der Waals surface area (Å²) >= 11 is 1.89. The molecule has 0 radical (unpaired) electrons. The van der Waals surface area contributed by atoms with Gasteiger partial charge in [0.15, 0.2) is 0 Å². The minimum absolute atomic E-state index is 0.0157. The summed E-state index contributed by atoms with van der Waals surface area (Å²) in [7, 11) is 0. The average molecular weight is 871 g/mol. The third-order valence-corrected chi connectivity index (χ3v) is 17.3. The van der Waals surface area contributed by atoms with Gasteiger partial charge in [-0.3, -0.25) is 0 Å². The fourth-order valence-corrected chi connectivity index (χ4v) is 13.8. The number of rotatable bonds is 1. The number of benzene rings is 8. The zero-order valence-electron chi connectivity index (χ0n) is 38.3. The predicted octanol–water partition coefficient (Wildman–Crippen LogP) is 15.8. The van der Waals surface area contributed by atoms with Crippen LogP contribution in [-0.2, 0) is 16.2 Å². The first kappa shape index (κ1) is 37.5. The van der Waals surface area contributed by atoms with Gasteiger partial charge in [-0.05, 0) is 111 Å². The van der Waals surface area contributed by atoms with Crippen LogP contribution in [0.5, 0.6) is 0 Å². The predicted molar refractivity (Wildman–Crippen MR) is 281 cm³/mol. The Morgan fingerprint density at radius 3 is 2.02 bits per heavy atom. The van der Waals surface area contributed by atoms with Crippen LogP contribution in [0.1, 0.15) is 78.0 Å². The summed E-state index contributed by atoms with van der Waals surface area (Å²) in [4.78, 5) is 2.67. The average Bonchev–Trinajstić information content (AvgIpc) is 4.07. The van der Waals surface area contributed by atoms with Crippen molar-refractivity contribution in [2.24, 2.45) is 0 Å². The van der Waals surface area contributed by atoms with Gasteiger partial charge in [0, 0.05) is 86.7 Å². The summed E-state index contributed by atoms with van der Waals surface area (Å²) in [5.41, 5.74) is 19.1. The largest absolute Gasteiger partial charge is 0.456 e. The van der Waals surface area contributed by atoms with Crippen molar-refractivity contribution >= 4 is 126 Å². The van der Waals surface area contributed by atoms with Crippen molar-refractivity contribution in [1.82, 2.24) is 4.57 Å². The van der Waals surface area contributed by atoms with Crippen LogP contribution in [0.2, 0.25) is 0 Å². The second kappa shape index (κ2) is 12.2. The Bertz CT molecular complexity index is 4170. The van der Waals surface area contributed by atoms with E-state index in [1.54, 1.807) is 0 Å². The van der Waals surface area contributed by atoms with Crippen LogP contribution in [-0.4, -0.2) is 11.4 Å². The maximum absolute atomic E-state index is 7.37. The minimum Gasteiger partial charge on any atom is -0.456 e. The van der Waals surface area contributed by atoms with E-state index < -0.39 is 0 Å². The highest BCUT2D eigenvalue weighted by molar-refractivity contribution is 7.25. The molecule has 0 spiro atoms. The van der Waals surface area contributed by atoms with Crippen LogP contribution in [0, 0.1) is 0 Å². The van der Waals surface area contributed by atoms with Crippen molar-refractivity contribution in [2.75, 3.05) is 4.81 Å². The lowest BCUT2D eigenvalue weighted by atomic mass is 9.43.